The number of nitrogens with zero attached hydrogens (tertiary/aromatic N) is 2. The van der Waals surface area contributed by atoms with E-state index in [0.717, 1.165) is 0 Å². The lowest BCUT2D eigenvalue weighted by molar-refractivity contribution is -0.122. The summed E-state index contributed by atoms with van der Waals surface area (Å²) < 4.78 is 1.21. The number of nitrogens with one attached hydrogen (secondary N) is 2. The molecule has 2 N–H and O–H groups in total. The van der Waals surface area contributed by atoms with Crippen molar-refractivity contribution in [1.82, 2.24) is 15.4 Å². The van der Waals surface area contributed by atoms with E-state index in [1.807, 2.05) is 6.07 Å². The summed E-state index contributed by atoms with van der Waals surface area (Å²) in [5.41, 5.74) is 4.71. The van der Waals surface area contributed by atoms with Crippen molar-refractivity contribution >= 4 is 11.8 Å². The van der Waals surface area contributed by atoms with Crippen LogP contribution in [0, 0.1) is 11.3 Å². The third-order valence-electron chi connectivity index (χ3n) is 2.78. The monoisotopic (exact) mass is 296 g/mol. The van der Waals surface area contributed by atoms with Gasteiger partial charge in [-0.15, -0.1) is 0 Å². The Morgan fingerprint density at radius 2 is 1.95 bits per heavy atom. The molecule has 0 bridgehead atoms. The van der Waals surface area contributed by atoms with E-state index in [2.05, 4.69) is 10.9 Å². The molecular weight excluding hydrogens is 284 g/mol. The van der Waals surface area contributed by atoms with E-state index >= 15 is 0 Å². The predicted octanol–water partition coefficient (Wildman–Crippen LogP) is 0.181. The molecule has 0 spiro atoms. The van der Waals surface area contributed by atoms with Crippen molar-refractivity contribution in [2.24, 2.45) is 0 Å². The highest BCUT2D eigenvalue weighted by Gasteiger charge is 2.08. The van der Waals surface area contributed by atoms with Gasteiger partial charge >= 0.3 is 0 Å². The second-order valence-corrected chi connectivity index (χ2v) is 4.36. The highest BCUT2D eigenvalue weighted by Crippen LogP contribution is 2.03. The van der Waals surface area contributed by atoms with Crippen LogP contribution in [0.3, 0.4) is 0 Å². The van der Waals surface area contributed by atoms with Gasteiger partial charge in [-0.25, -0.2) is 0 Å². The number of hydrogen-bond acceptors (Lipinski definition) is 4. The van der Waals surface area contributed by atoms with E-state index in [0.29, 0.717) is 5.56 Å². The predicted molar refractivity (Wildman–Crippen MR) is 77.5 cm³/mol. The molecule has 2 aromatic rings. The first-order valence-electron chi connectivity index (χ1n) is 6.35. The van der Waals surface area contributed by atoms with Gasteiger partial charge in [0.25, 0.3) is 17.4 Å². The lowest BCUT2D eigenvalue weighted by Gasteiger charge is -2.08. The lowest BCUT2D eigenvalue weighted by Crippen LogP contribution is -2.44. The Morgan fingerprint density at radius 3 is 2.68 bits per heavy atom. The number of pyridine rings is 1. The van der Waals surface area contributed by atoms with Gasteiger partial charge < -0.3 is 4.57 Å². The summed E-state index contributed by atoms with van der Waals surface area (Å²) in [6, 6.07) is 12.5. The fourth-order valence-corrected chi connectivity index (χ4v) is 1.71. The zero-order chi connectivity index (χ0) is 15.9. The first-order chi connectivity index (χ1) is 10.6. The summed E-state index contributed by atoms with van der Waals surface area (Å²) in [7, 11) is 0. The molecule has 0 unspecified atom stereocenters. The van der Waals surface area contributed by atoms with Gasteiger partial charge in [-0.05, 0) is 24.3 Å². The minimum atomic E-state index is -0.550. The van der Waals surface area contributed by atoms with Crippen LogP contribution in [0.1, 0.15) is 15.9 Å². The van der Waals surface area contributed by atoms with Gasteiger partial charge in [-0.3, -0.25) is 25.2 Å². The Bertz CT molecular complexity index is 805. The van der Waals surface area contributed by atoms with E-state index in [1.165, 1.54) is 29.0 Å². The van der Waals surface area contributed by atoms with Gasteiger partial charge in [0.15, 0.2) is 0 Å². The molecule has 0 fully saturated rings. The zero-order valence-electron chi connectivity index (χ0n) is 11.4. The van der Waals surface area contributed by atoms with E-state index in [9.17, 15) is 14.4 Å². The molecule has 1 aromatic carbocycles. The maximum atomic E-state index is 11.8. The van der Waals surface area contributed by atoms with Crippen LogP contribution >= 0.6 is 0 Å². The highest BCUT2D eigenvalue weighted by atomic mass is 16.2. The molecule has 0 saturated heterocycles. The van der Waals surface area contributed by atoms with Crippen LogP contribution in [0.25, 0.3) is 0 Å². The summed E-state index contributed by atoms with van der Waals surface area (Å²) in [6.45, 7) is -0.210. The van der Waals surface area contributed by atoms with Gasteiger partial charge in [-0.2, -0.15) is 5.26 Å². The normalized spacial score (nSPS) is 9.59. The number of hydrazine groups is 1. The molecule has 0 aliphatic rings. The first kappa shape index (κ1) is 15.0. The molecule has 7 nitrogen and oxygen atoms in total. The average molecular weight is 296 g/mol. The van der Waals surface area contributed by atoms with E-state index in [4.69, 9.17) is 5.26 Å². The van der Waals surface area contributed by atoms with Crippen LogP contribution < -0.4 is 16.4 Å². The summed E-state index contributed by atoms with van der Waals surface area (Å²) in [5.74, 6) is -1.09. The van der Waals surface area contributed by atoms with Crippen LogP contribution in [0.5, 0.6) is 0 Å². The number of amides is 2. The van der Waals surface area contributed by atoms with Gasteiger partial charge in [-0.1, -0.05) is 12.1 Å². The van der Waals surface area contributed by atoms with E-state index in [-0.39, 0.29) is 17.7 Å². The zero-order valence-corrected chi connectivity index (χ0v) is 11.4. The number of aromatic nitrogens is 1. The topological polar surface area (TPSA) is 104 Å². The second kappa shape index (κ2) is 6.85. The minimum Gasteiger partial charge on any atom is -0.306 e. The molecule has 22 heavy (non-hydrogen) atoms. The standard InChI is InChI=1S/C15H12N4O3/c16-9-11-4-3-5-12(8-11)15(22)18-17-13(20)10-19-7-2-1-6-14(19)21/h1-8H,10H2,(H,17,20)(H,18,22). The third kappa shape index (κ3) is 3.80. The van der Waals surface area contributed by atoms with Crippen LogP contribution in [0.4, 0.5) is 0 Å². The maximum Gasteiger partial charge on any atom is 0.269 e. The molecule has 7 heteroatoms. The molecule has 2 rings (SSSR count). The Kier molecular flexibility index (Phi) is 4.67. The molecule has 0 radical (unpaired) electrons. The van der Waals surface area contributed by atoms with Crippen LogP contribution in [-0.2, 0) is 11.3 Å². The first-order valence-corrected chi connectivity index (χ1v) is 6.35. The molecule has 0 saturated carbocycles. The number of carbonyl (C=O) groups excluding carboxylic acids is 2. The highest BCUT2D eigenvalue weighted by molar-refractivity contribution is 5.95. The molecule has 0 aliphatic heterocycles. The molecule has 110 valence electrons. The van der Waals surface area contributed by atoms with Crippen molar-refractivity contribution in [3.63, 3.8) is 0 Å². The van der Waals surface area contributed by atoms with Gasteiger partial charge in [0.1, 0.15) is 6.54 Å². The molecule has 1 aromatic heterocycles. The number of carbonyl (C=O) groups is 2. The van der Waals surface area contributed by atoms with Gasteiger partial charge in [0, 0.05) is 17.8 Å². The molecule has 0 aliphatic carbocycles. The third-order valence-corrected chi connectivity index (χ3v) is 2.78. The number of rotatable bonds is 3. The van der Waals surface area contributed by atoms with Gasteiger partial charge in [0.2, 0.25) is 0 Å². The van der Waals surface area contributed by atoms with E-state index < -0.39 is 11.8 Å². The van der Waals surface area contributed by atoms with Crippen molar-refractivity contribution in [2.75, 3.05) is 0 Å². The van der Waals surface area contributed by atoms with Gasteiger partial charge in [0.05, 0.1) is 11.6 Å². The quantitative estimate of drug-likeness (QED) is 0.788. The molecule has 1 heterocycles. The Hall–Kier alpha value is -3.40. The summed E-state index contributed by atoms with van der Waals surface area (Å²) >= 11 is 0. The summed E-state index contributed by atoms with van der Waals surface area (Å²) in [4.78, 5) is 35.0. The van der Waals surface area contributed by atoms with Crippen LogP contribution in [-0.4, -0.2) is 16.4 Å². The largest absolute Gasteiger partial charge is 0.306 e. The molecule has 2 amide bonds. The smallest absolute Gasteiger partial charge is 0.269 e. The number of benzene rings is 1. The molecule has 0 atom stereocenters. The van der Waals surface area contributed by atoms with Crippen LogP contribution in [0.2, 0.25) is 0 Å². The Balaban J connectivity index is 1.93. The molecular formula is C15H12N4O3. The summed E-state index contributed by atoms with van der Waals surface area (Å²) in [6.07, 6.45) is 1.47. The van der Waals surface area contributed by atoms with Crippen molar-refractivity contribution in [1.29, 1.82) is 5.26 Å². The SMILES string of the molecule is N#Cc1cccc(C(=O)NNC(=O)Cn2ccccc2=O)c1. The van der Waals surface area contributed by atoms with E-state index in [1.54, 1.807) is 24.3 Å². The van der Waals surface area contributed by atoms with Crippen molar-refractivity contribution < 1.29 is 9.59 Å². The average Bonchev–Trinajstić information content (AvgIpc) is 2.55. The van der Waals surface area contributed by atoms with Crippen molar-refractivity contribution in [2.45, 2.75) is 6.54 Å². The Morgan fingerprint density at radius 1 is 1.14 bits per heavy atom. The van der Waals surface area contributed by atoms with Crippen molar-refractivity contribution in [3.8, 4) is 6.07 Å². The minimum absolute atomic E-state index is 0.210. The maximum absolute atomic E-state index is 11.8. The Labute approximate surface area is 125 Å². The summed E-state index contributed by atoms with van der Waals surface area (Å²) in [5, 5.41) is 8.77. The fraction of sp³-hybridized carbons (Fsp3) is 0.0667. The fourth-order valence-electron chi connectivity index (χ4n) is 1.71. The second-order valence-electron chi connectivity index (χ2n) is 4.36. The number of hydrogen-bond donors (Lipinski definition) is 2. The van der Waals surface area contributed by atoms with Crippen LogP contribution in [0.15, 0.2) is 53.5 Å². The number of nitriles is 1. The lowest BCUT2D eigenvalue weighted by atomic mass is 10.1. The van der Waals surface area contributed by atoms with Crippen molar-refractivity contribution in [3.05, 3.63) is 70.1 Å².